The van der Waals surface area contributed by atoms with Gasteiger partial charge in [0, 0.05) is 37.0 Å². The number of para-hydroxylation sites is 2. The van der Waals surface area contributed by atoms with Crippen LogP contribution in [0, 0.1) is 6.07 Å². The van der Waals surface area contributed by atoms with E-state index in [1.165, 1.54) is 16.8 Å². The Hall–Kier alpha value is -3.08. The van der Waals surface area contributed by atoms with Gasteiger partial charge in [0.15, 0.2) is 0 Å². The number of hydrogen-bond acceptors (Lipinski definition) is 3. The van der Waals surface area contributed by atoms with Gasteiger partial charge < -0.3 is 9.13 Å². The third-order valence-corrected chi connectivity index (χ3v) is 5.89. The number of aromatic nitrogens is 5. The second-order valence-corrected chi connectivity index (χ2v) is 8.69. The Kier molecular flexibility index (Phi) is 6.59. The Balaban J connectivity index is 0.00000259. The average Bonchev–Trinajstić information content (AvgIpc) is 3.45. The molecule has 0 fully saturated rings. The first kappa shape index (κ1) is 23.1. The molecule has 0 aliphatic heterocycles. The number of rotatable bonds is 5. The van der Waals surface area contributed by atoms with Gasteiger partial charge >= 0.3 is 0 Å². The molecule has 5 nitrogen and oxygen atoms in total. The fraction of sp³-hybridized carbons (Fsp3) is 0.222. The van der Waals surface area contributed by atoms with Crippen LogP contribution in [0.15, 0.2) is 73.3 Å². The monoisotopic (exact) mass is 613 g/mol. The van der Waals surface area contributed by atoms with Crippen molar-refractivity contribution in [3.05, 3.63) is 90.5 Å². The van der Waals surface area contributed by atoms with Crippen LogP contribution in [-0.2, 0) is 20.1 Å². The quantitative estimate of drug-likeness (QED) is 0.219. The molecule has 0 amide bonds. The van der Waals surface area contributed by atoms with Crippen LogP contribution >= 0.6 is 0 Å². The van der Waals surface area contributed by atoms with Gasteiger partial charge in [0.2, 0.25) is 0 Å². The molecule has 1 radical (unpaired) electrons. The molecular formula is C27H26IrN5-. The Morgan fingerprint density at radius 3 is 2.18 bits per heavy atom. The van der Waals surface area contributed by atoms with Crippen molar-refractivity contribution in [2.24, 2.45) is 0 Å². The van der Waals surface area contributed by atoms with E-state index in [-0.39, 0.29) is 20.1 Å². The normalized spacial score (nSPS) is 11.3. The van der Waals surface area contributed by atoms with Crippen molar-refractivity contribution in [3.63, 3.8) is 0 Å². The molecule has 5 aromatic rings. The van der Waals surface area contributed by atoms with E-state index in [9.17, 15) is 0 Å². The first-order chi connectivity index (χ1) is 15.5. The molecule has 6 heteroatoms. The molecule has 3 aromatic carbocycles. The van der Waals surface area contributed by atoms with Gasteiger partial charge in [-0.05, 0) is 40.6 Å². The summed E-state index contributed by atoms with van der Waals surface area (Å²) in [5, 5.41) is 8.76. The van der Waals surface area contributed by atoms with Crippen LogP contribution in [-0.4, -0.2) is 24.3 Å². The molecule has 33 heavy (non-hydrogen) atoms. The van der Waals surface area contributed by atoms with Crippen molar-refractivity contribution in [3.8, 4) is 22.8 Å². The number of fused-ring (bicyclic) bond motifs is 1. The summed E-state index contributed by atoms with van der Waals surface area (Å²) in [7, 11) is 0. The number of hydrogen-bond donors (Lipinski definition) is 0. The summed E-state index contributed by atoms with van der Waals surface area (Å²) in [6.07, 6.45) is 3.66. The molecular weight excluding hydrogens is 587 g/mol. The first-order valence-corrected chi connectivity index (χ1v) is 11.0. The number of nitrogens with zero attached hydrogens (tertiary/aromatic N) is 5. The van der Waals surface area contributed by atoms with Crippen LogP contribution in [0.25, 0.3) is 33.8 Å². The van der Waals surface area contributed by atoms with Crippen LogP contribution < -0.4 is 0 Å². The van der Waals surface area contributed by atoms with E-state index in [4.69, 9.17) is 0 Å². The third kappa shape index (κ3) is 4.17. The van der Waals surface area contributed by atoms with E-state index >= 15 is 0 Å². The zero-order chi connectivity index (χ0) is 22.2. The van der Waals surface area contributed by atoms with Gasteiger partial charge in [0.1, 0.15) is 6.33 Å². The van der Waals surface area contributed by atoms with Crippen molar-refractivity contribution in [1.82, 2.24) is 24.3 Å². The predicted molar refractivity (Wildman–Crippen MR) is 128 cm³/mol. The molecule has 0 spiro atoms. The van der Waals surface area contributed by atoms with E-state index in [2.05, 4.69) is 88.4 Å². The minimum Gasteiger partial charge on any atom is -0.340 e. The molecule has 0 unspecified atom stereocenters. The molecule has 0 aliphatic rings. The molecule has 0 aliphatic carbocycles. The molecule has 0 bridgehead atoms. The Morgan fingerprint density at radius 1 is 0.818 bits per heavy atom. The molecule has 2 heterocycles. The topological polar surface area (TPSA) is 48.5 Å². The second kappa shape index (κ2) is 9.42. The van der Waals surface area contributed by atoms with Crippen molar-refractivity contribution in [2.75, 3.05) is 0 Å². The Morgan fingerprint density at radius 2 is 1.52 bits per heavy atom. The van der Waals surface area contributed by atoms with Gasteiger partial charge in [-0.2, -0.15) is 5.10 Å². The maximum Gasteiger partial charge on any atom is 0.114 e. The van der Waals surface area contributed by atoms with Gasteiger partial charge in [-0.25, -0.2) is 0 Å². The van der Waals surface area contributed by atoms with Crippen LogP contribution in [0.4, 0.5) is 0 Å². The van der Waals surface area contributed by atoms with Crippen molar-refractivity contribution in [2.45, 2.75) is 39.5 Å². The number of benzene rings is 3. The maximum absolute atomic E-state index is 4.65. The fourth-order valence-corrected chi connectivity index (χ4v) is 4.25. The first-order valence-electron chi connectivity index (χ1n) is 11.0. The van der Waals surface area contributed by atoms with Crippen LogP contribution in [0.1, 0.15) is 50.7 Å². The summed E-state index contributed by atoms with van der Waals surface area (Å²) < 4.78 is 4.18. The summed E-state index contributed by atoms with van der Waals surface area (Å²) in [4.78, 5) is 4.65. The standard InChI is InChI=1S/C27H26N5.Ir/c1-18(2)22-11-8-12-23(19(3)4)26(22)32-17-29-30-27(32)20-13-14-25-24(15-20)28-16-31(25)21-9-6-5-7-10-21;/h5-12,14-19H,1-4H3;/q-1;. The maximum atomic E-state index is 4.65. The van der Waals surface area contributed by atoms with E-state index in [0.717, 1.165) is 28.1 Å². The Labute approximate surface area is 207 Å². The smallest absolute Gasteiger partial charge is 0.114 e. The van der Waals surface area contributed by atoms with Gasteiger partial charge in [0.25, 0.3) is 0 Å². The Bertz CT molecular complexity index is 1360. The second-order valence-electron chi connectivity index (χ2n) is 8.69. The predicted octanol–water partition coefficient (Wildman–Crippen LogP) is 6.32. The van der Waals surface area contributed by atoms with Gasteiger partial charge in [-0.15, -0.1) is 28.9 Å². The molecule has 0 saturated carbocycles. The largest absolute Gasteiger partial charge is 0.340 e. The van der Waals surface area contributed by atoms with E-state index < -0.39 is 0 Å². The number of imidazole rings is 1. The minimum atomic E-state index is 0. The molecule has 0 atom stereocenters. The summed E-state index contributed by atoms with van der Waals surface area (Å²) in [6, 6.07) is 24.2. The summed E-state index contributed by atoms with van der Waals surface area (Å²) >= 11 is 0. The molecule has 2 aromatic heterocycles. The fourth-order valence-electron chi connectivity index (χ4n) is 4.25. The van der Waals surface area contributed by atoms with Crippen molar-refractivity contribution < 1.29 is 20.1 Å². The molecule has 169 valence electrons. The average molecular weight is 613 g/mol. The van der Waals surface area contributed by atoms with Crippen LogP contribution in [0.3, 0.4) is 0 Å². The van der Waals surface area contributed by atoms with Gasteiger partial charge in [0.05, 0.1) is 12.2 Å². The van der Waals surface area contributed by atoms with E-state index in [1.807, 2.05) is 43.0 Å². The van der Waals surface area contributed by atoms with Crippen molar-refractivity contribution in [1.29, 1.82) is 0 Å². The zero-order valence-corrected chi connectivity index (χ0v) is 21.5. The third-order valence-electron chi connectivity index (χ3n) is 5.89. The van der Waals surface area contributed by atoms with Gasteiger partial charge in [-0.1, -0.05) is 64.1 Å². The summed E-state index contributed by atoms with van der Waals surface area (Å²) in [5.41, 5.74) is 7.60. The summed E-state index contributed by atoms with van der Waals surface area (Å²) in [5.74, 6) is 1.54. The SMILES string of the molecule is CC(C)c1cccc(C(C)C)c1-n1cnnc1-c1[c-]cc2c(c1)ncn2-c1ccccc1.[Ir]. The van der Waals surface area contributed by atoms with Crippen LogP contribution in [0.5, 0.6) is 0 Å². The van der Waals surface area contributed by atoms with E-state index in [0.29, 0.717) is 11.8 Å². The van der Waals surface area contributed by atoms with Crippen LogP contribution in [0.2, 0.25) is 0 Å². The molecule has 5 rings (SSSR count). The molecule has 0 saturated heterocycles. The van der Waals surface area contributed by atoms with Gasteiger partial charge in [-0.3, -0.25) is 4.98 Å². The van der Waals surface area contributed by atoms with E-state index in [1.54, 1.807) is 0 Å². The summed E-state index contributed by atoms with van der Waals surface area (Å²) in [6.45, 7) is 8.89. The molecule has 0 N–H and O–H groups in total. The zero-order valence-electron chi connectivity index (χ0n) is 19.2. The minimum absolute atomic E-state index is 0. The van der Waals surface area contributed by atoms with Crippen molar-refractivity contribution >= 4 is 11.0 Å².